The van der Waals surface area contributed by atoms with Gasteiger partial charge in [-0.3, -0.25) is 0 Å². The van der Waals surface area contributed by atoms with Gasteiger partial charge in [0.15, 0.2) is 0 Å². The minimum atomic E-state index is -3.09. The molecule has 2 aliphatic rings. The normalized spacial score (nSPS) is 21.2. The molecule has 1 N–H and O–H groups in total. The molecule has 0 radical (unpaired) electrons. The molecule has 0 atom stereocenters. The lowest BCUT2D eigenvalue weighted by Crippen LogP contribution is -2.49. The van der Waals surface area contributed by atoms with E-state index >= 15 is 0 Å². The Bertz CT molecular complexity index is 665. The zero-order valence-corrected chi connectivity index (χ0v) is 15.3. The Kier molecular flexibility index (Phi) is 5.36. The van der Waals surface area contributed by atoms with Crippen molar-refractivity contribution >= 4 is 15.8 Å². The lowest BCUT2D eigenvalue weighted by Gasteiger charge is -2.35. The molecule has 0 unspecified atom stereocenters. The maximum Gasteiger partial charge on any atom is 0.213 e. The molecule has 7 nitrogen and oxygen atoms in total. The van der Waals surface area contributed by atoms with Crippen molar-refractivity contribution in [3.05, 3.63) is 17.6 Å². The summed E-state index contributed by atoms with van der Waals surface area (Å²) in [6, 6.07) is 2.10. The highest BCUT2D eigenvalue weighted by Crippen LogP contribution is 2.26. The first-order valence-electron chi connectivity index (χ1n) is 8.78. The summed E-state index contributed by atoms with van der Waals surface area (Å²) < 4.78 is 25.6. The molecule has 3 heterocycles. The smallest absolute Gasteiger partial charge is 0.213 e. The van der Waals surface area contributed by atoms with E-state index in [9.17, 15) is 8.42 Å². The Morgan fingerprint density at radius 1 is 1.17 bits per heavy atom. The van der Waals surface area contributed by atoms with Crippen LogP contribution in [0.4, 0.5) is 5.82 Å². The number of rotatable bonds is 4. The molecule has 0 amide bonds. The molecular formula is C16H27N5O2S. The first-order valence-corrected chi connectivity index (χ1v) is 10.4. The van der Waals surface area contributed by atoms with Gasteiger partial charge in [-0.25, -0.2) is 18.4 Å². The van der Waals surface area contributed by atoms with Gasteiger partial charge in [-0.1, -0.05) is 0 Å². The summed E-state index contributed by atoms with van der Waals surface area (Å²) in [5.74, 6) is 2.39. The minimum absolute atomic E-state index is 0.166. The van der Waals surface area contributed by atoms with Crippen LogP contribution in [0.5, 0.6) is 0 Å². The maximum atomic E-state index is 12.0. The topological polar surface area (TPSA) is 78.4 Å². The van der Waals surface area contributed by atoms with Crippen molar-refractivity contribution in [1.29, 1.82) is 0 Å². The highest BCUT2D eigenvalue weighted by molar-refractivity contribution is 7.89. The fraction of sp³-hybridized carbons (Fsp3) is 0.750. The average molecular weight is 353 g/mol. The molecule has 3 rings (SSSR count). The fourth-order valence-electron chi connectivity index (χ4n) is 3.44. The second-order valence-electron chi connectivity index (χ2n) is 6.51. The Morgan fingerprint density at radius 3 is 2.46 bits per heavy atom. The van der Waals surface area contributed by atoms with Crippen molar-refractivity contribution in [2.45, 2.75) is 32.6 Å². The Labute approximate surface area is 144 Å². The molecule has 1 aromatic rings. The van der Waals surface area contributed by atoms with Gasteiger partial charge < -0.3 is 10.2 Å². The zero-order valence-electron chi connectivity index (χ0n) is 14.5. The van der Waals surface area contributed by atoms with E-state index in [0.29, 0.717) is 32.1 Å². The molecular weight excluding hydrogens is 326 g/mol. The maximum absolute atomic E-state index is 12.0. The van der Waals surface area contributed by atoms with Gasteiger partial charge in [-0.05, 0) is 39.8 Å². The lowest BCUT2D eigenvalue weighted by atomic mass is 9.94. The predicted molar refractivity (Wildman–Crippen MR) is 94.9 cm³/mol. The third-order valence-corrected chi connectivity index (χ3v) is 6.80. The quantitative estimate of drug-likeness (QED) is 0.859. The van der Waals surface area contributed by atoms with Gasteiger partial charge in [0.2, 0.25) is 10.0 Å². The molecule has 0 saturated carbocycles. The molecule has 0 aliphatic carbocycles. The predicted octanol–water partition coefficient (Wildman–Crippen LogP) is 0.724. The van der Waals surface area contributed by atoms with Gasteiger partial charge in [-0.15, -0.1) is 0 Å². The van der Waals surface area contributed by atoms with Crippen molar-refractivity contribution in [3.8, 4) is 0 Å². The first kappa shape index (κ1) is 17.6. The van der Waals surface area contributed by atoms with Gasteiger partial charge in [0, 0.05) is 43.9 Å². The summed E-state index contributed by atoms with van der Waals surface area (Å²) in [4.78, 5) is 11.4. The first-order chi connectivity index (χ1) is 11.5. The Hall–Kier alpha value is -1.25. The highest BCUT2D eigenvalue weighted by Gasteiger charge is 2.27. The van der Waals surface area contributed by atoms with Gasteiger partial charge in [0.25, 0.3) is 0 Å². The number of hydrogen-bond acceptors (Lipinski definition) is 6. The summed E-state index contributed by atoms with van der Waals surface area (Å²) in [7, 11) is -3.09. The number of nitrogens with zero attached hydrogens (tertiary/aromatic N) is 4. The second kappa shape index (κ2) is 7.33. The van der Waals surface area contributed by atoms with E-state index in [4.69, 9.17) is 0 Å². The molecule has 2 aliphatic heterocycles. The summed E-state index contributed by atoms with van der Waals surface area (Å²) in [6.07, 6.45) is 2.22. The molecule has 2 fully saturated rings. The van der Waals surface area contributed by atoms with E-state index in [1.807, 2.05) is 6.92 Å². The van der Waals surface area contributed by atoms with Crippen LogP contribution >= 0.6 is 0 Å². The SMILES string of the molecule is CCS(=O)(=O)N1CCN(c2cc(C3CCNCC3)nc(C)n2)CC1. The van der Waals surface area contributed by atoms with E-state index in [0.717, 1.165) is 43.3 Å². The van der Waals surface area contributed by atoms with E-state index in [1.54, 1.807) is 11.2 Å². The summed E-state index contributed by atoms with van der Waals surface area (Å²) in [5.41, 5.74) is 1.13. The van der Waals surface area contributed by atoms with Crippen LogP contribution in [-0.2, 0) is 10.0 Å². The molecule has 24 heavy (non-hydrogen) atoms. The van der Waals surface area contributed by atoms with Crippen LogP contribution in [0.1, 0.15) is 37.2 Å². The fourth-order valence-corrected chi connectivity index (χ4v) is 4.53. The van der Waals surface area contributed by atoms with Crippen LogP contribution < -0.4 is 10.2 Å². The standard InChI is InChI=1S/C16H27N5O2S/c1-3-24(22,23)21-10-8-20(9-11-21)16-12-15(18-13(2)19-16)14-4-6-17-7-5-14/h12,14,17H,3-11H2,1-2H3. The molecule has 8 heteroatoms. The van der Waals surface area contributed by atoms with Gasteiger partial charge in [0.05, 0.1) is 5.75 Å². The number of piperazine rings is 1. The number of hydrogen-bond donors (Lipinski definition) is 1. The molecule has 0 spiro atoms. The number of aryl methyl sites for hydroxylation is 1. The van der Waals surface area contributed by atoms with Crippen LogP contribution in [0, 0.1) is 6.92 Å². The minimum Gasteiger partial charge on any atom is -0.354 e. The van der Waals surface area contributed by atoms with Crippen LogP contribution in [0.15, 0.2) is 6.07 Å². The van der Waals surface area contributed by atoms with Crippen molar-refractivity contribution in [1.82, 2.24) is 19.6 Å². The van der Waals surface area contributed by atoms with Crippen molar-refractivity contribution < 1.29 is 8.42 Å². The van der Waals surface area contributed by atoms with Gasteiger partial charge in [-0.2, -0.15) is 4.31 Å². The van der Waals surface area contributed by atoms with Gasteiger partial charge >= 0.3 is 0 Å². The molecule has 0 aromatic carbocycles. The van der Waals surface area contributed by atoms with Crippen molar-refractivity contribution in [3.63, 3.8) is 0 Å². The molecule has 0 bridgehead atoms. The number of anilines is 1. The molecule has 2 saturated heterocycles. The highest BCUT2D eigenvalue weighted by atomic mass is 32.2. The third-order valence-electron chi connectivity index (χ3n) is 4.92. The average Bonchev–Trinajstić information content (AvgIpc) is 2.62. The van der Waals surface area contributed by atoms with Gasteiger partial charge in [0.1, 0.15) is 11.6 Å². The number of sulfonamides is 1. The molecule has 134 valence electrons. The summed E-state index contributed by atoms with van der Waals surface area (Å²) >= 11 is 0. The van der Waals surface area contributed by atoms with Crippen LogP contribution in [0.2, 0.25) is 0 Å². The van der Waals surface area contributed by atoms with Crippen molar-refractivity contribution in [2.75, 3.05) is 49.9 Å². The molecule has 1 aromatic heterocycles. The lowest BCUT2D eigenvalue weighted by molar-refractivity contribution is 0.384. The van der Waals surface area contributed by atoms with Crippen LogP contribution in [0.25, 0.3) is 0 Å². The summed E-state index contributed by atoms with van der Waals surface area (Å²) in [6.45, 7) is 8.13. The van der Waals surface area contributed by atoms with E-state index in [1.165, 1.54) is 0 Å². The van der Waals surface area contributed by atoms with E-state index < -0.39 is 10.0 Å². The Morgan fingerprint density at radius 2 is 1.83 bits per heavy atom. The van der Waals surface area contributed by atoms with Crippen LogP contribution in [-0.4, -0.2) is 67.7 Å². The second-order valence-corrected chi connectivity index (χ2v) is 8.77. The largest absolute Gasteiger partial charge is 0.354 e. The van der Waals surface area contributed by atoms with E-state index in [-0.39, 0.29) is 5.75 Å². The monoisotopic (exact) mass is 353 g/mol. The van der Waals surface area contributed by atoms with E-state index in [2.05, 4.69) is 26.3 Å². The Balaban J connectivity index is 1.72. The zero-order chi connectivity index (χ0) is 17.2. The summed E-state index contributed by atoms with van der Waals surface area (Å²) in [5, 5.41) is 3.39. The van der Waals surface area contributed by atoms with Crippen molar-refractivity contribution in [2.24, 2.45) is 0 Å². The number of aromatic nitrogens is 2. The third kappa shape index (κ3) is 3.87. The number of nitrogens with one attached hydrogen (secondary N) is 1. The number of piperidine rings is 1. The van der Waals surface area contributed by atoms with Crippen LogP contribution in [0.3, 0.4) is 0 Å².